The summed E-state index contributed by atoms with van der Waals surface area (Å²) in [5.41, 5.74) is 0.868. The summed E-state index contributed by atoms with van der Waals surface area (Å²) in [5, 5.41) is 7.02. The Morgan fingerprint density at radius 1 is 1.21 bits per heavy atom. The zero-order valence-corrected chi connectivity index (χ0v) is 16.3. The molecule has 1 amide bonds. The Labute approximate surface area is 167 Å². The molecule has 1 N–H and O–H groups in total. The summed E-state index contributed by atoms with van der Waals surface area (Å²) in [6.45, 7) is 1.63. The summed E-state index contributed by atoms with van der Waals surface area (Å²) in [4.78, 5) is 14.4. The van der Waals surface area contributed by atoms with Gasteiger partial charge in [-0.2, -0.15) is 18.3 Å². The van der Waals surface area contributed by atoms with Crippen LogP contribution in [0.25, 0.3) is 0 Å². The number of rotatable bonds is 2. The van der Waals surface area contributed by atoms with E-state index in [1.807, 2.05) is 0 Å². The zero-order valence-electron chi connectivity index (χ0n) is 14.7. The van der Waals surface area contributed by atoms with E-state index in [2.05, 4.69) is 26.3 Å². The number of aromatic nitrogens is 2. The van der Waals surface area contributed by atoms with Gasteiger partial charge in [0.15, 0.2) is 6.04 Å². The monoisotopic (exact) mass is 458 g/mol. The number of nitrogens with one attached hydrogen (secondary N) is 1. The molecule has 0 aliphatic carbocycles. The number of ether oxygens (including phenoxy) is 1. The summed E-state index contributed by atoms with van der Waals surface area (Å²) >= 11 is 3.33. The molecule has 0 unspecified atom stereocenters. The van der Waals surface area contributed by atoms with E-state index >= 15 is 0 Å². The maximum atomic E-state index is 13.7. The SMILES string of the molecule is O=C(c1cnn2c1N[C@@H](c1ccc(Br)cc1)C[C@@H]2C(F)(F)F)N1CCOCC1. The van der Waals surface area contributed by atoms with Gasteiger partial charge in [0.1, 0.15) is 11.4 Å². The molecule has 28 heavy (non-hydrogen) atoms. The Balaban J connectivity index is 1.70. The molecule has 4 rings (SSSR count). The molecule has 150 valence electrons. The van der Waals surface area contributed by atoms with Gasteiger partial charge in [-0.05, 0) is 17.7 Å². The fourth-order valence-electron chi connectivity index (χ4n) is 3.57. The van der Waals surface area contributed by atoms with Crippen LogP contribution in [0.15, 0.2) is 34.9 Å². The van der Waals surface area contributed by atoms with Gasteiger partial charge >= 0.3 is 6.18 Å². The molecule has 1 saturated heterocycles. The molecule has 0 radical (unpaired) electrons. The van der Waals surface area contributed by atoms with Gasteiger partial charge in [0.2, 0.25) is 0 Å². The number of hydrogen-bond donors (Lipinski definition) is 1. The van der Waals surface area contributed by atoms with Gasteiger partial charge < -0.3 is 15.0 Å². The standard InChI is InChI=1S/C18H18BrF3N4O2/c19-12-3-1-11(2-4-12)14-9-15(18(20,21)22)26-16(24-14)13(10-23-26)17(27)25-5-7-28-8-6-25/h1-4,10,14-15,24H,5-9H2/t14-,15-/m1/s1. The minimum atomic E-state index is -4.48. The molecule has 1 fully saturated rings. The van der Waals surface area contributed by atoms with Crippen molar-refractivity contribution in [2.75, 3.05) is 31.6 Å². The molecule has 6 nitrogen and oxygen atoms in total. The number of hydrogen-bond acceptors (Lipinski definition) is 4. The van der Waals surface area contributed by atoms with Crippen LogP contribution in [0.5, 0.6) is 0 Å². The highest BCUT2D eigenvalue weighted by molar-refractivity contribution is 9.10. The second-order valence-electron chi connectivity index (χ2n) is 6.80. The molecule has 0 bridgehead atoms. The summed E-state index contributed by atoms with van der Waals surface area (Å²) in [6, 6.07) is 4.72. The largest absolute Gasteiger partial charge is 0.410 e. The normalized spacial score (nSPS) is 22.5. The number of carbonyl (C=O) groups excluding carboxylic acids is 1. The fourth-order valence-corrected chi connectivity index (χ4v) is 3.83. The Bertz CT molecular complexity index is 863. The molecule has 0 saturated carbocycles. The first-order chi connectivity index (χ1) is 13.3. The van der Waals surface area contributed by atoms with Crippen molar-refractivity contribution in [3.8, 4) is 0 Å². The van der Waals surface area contributed by atoms with Crippen LogP contribution < -0.4 is 5.32 Å². The number of halogens is 4. The quantitative estimate of drug-likeness (QED) is 0.743. The highest BCUT2D eigenvalue weighted by Gasteiger charge is 2.47. The van der Waals surface area contributed by atoms with E-state index in [0.717, 1.165) is 14.7 Å². The maximum absolute atomic E-state index is 13.7. The van der Waals surface area contributed by atoms with E-state index in [0.29, 0.717) is 26.3 Å². The third kappa shape index (κ3) is 3.62. The number of benzene rings is 1. The lowest BCUT2D eigenvalue weighted by molar-refractivity contribution is -0.173. The van der Waals surface area contributed by atoms with E-state index in [-0.39, 0.29) is 23.7 Å². The molecule has 2 atom stereocenters. The first-order valence-electron chi connectivity index (χ1n) is 8.88. The number of morpholine rings is 1. The molecule has 10 heteroatoms. The van der Waals surface area contributed by atoms with Crippen LogP contribution in [-0.2, 0) is 4.74 Å². The lowest BCUT2D eigenvalue weighted by Gasteiger charge is -2.34. The summed E-state index contributed by atoms with van der Waals surface area (Å²) in [5.74, 6) is -0.229. The average molecular weight is 459 g/mol. The first-order valence-corrected chi connectivity index (χ1v) is 9.67. The lowest BCUT2D eigenvalue weighted by atomic mass is 9.96. The molecule has 3 heterocycles. The van der Waals surface area contributed by atoms with Gasteiger partial charge in [-0.15, -0.1) is 0 Å². The Kier molecular flexibility index (Phi) is 5.09. The van der Waals surface area contributed by atoms with Crippen molar-refractivity contribution in [1.82, 2.24) is 14.7 Å². The van der Waals surface area contributed by atoms with E-state index in [9.17, 15) is 18.0 Å². The van der Waals surface area contributed by atoms with Crippen LogP contribution in [0.1, 0.15) is 34.4 Å². The topological polar surface area (TPSA) is 59.4 Å². The zero-order chi connectivity index (χ0) is 19.9. The van der Waals surface area contributed by atoms with Crippen LogP contribution >= 0.6 is 15.9 Å². The molecular weight excluding hydrogens is 441 g/mol. The Morgan fingerprint density at radius 2 is 1.89 bits per heavy atom. The number of carbonyl (C=O) groups is 1. The van der Waals surface area contributed by atoms with E-state index in [1.165, 1.54) is 6.20 Å². The van der Waals surface area contributed by atoms with Crippen LogP contribution in [0.3, 0.4) is 0 Å². The molecule has 1 aromatic carbocycles. The van der Waals surface area contributed by atoms with Crippen molar-refractivity contribution in [3.05, 3.63) is 46.1 Å². The van der Waals surface area contributed by atoms with E-state index < -0.39 is 18.3 Å². The number of alkyl halides is 3. The molecule has 2 aromatic rings. The molecule has 2 aliphatic heterocycles. The Morgan fingerprint density at radius 3 is 2.54 bits per heavy atom. The lowest BCUT2D eigenvalue weighted by Crippen LogP contribution is -2.41. The number of nitrogens with zero attached hydrogens (tertiary/aromatic N) is 3. The summed E-state index contributed by atoms with van der Waals surface area (Å²) in [7, 11) is 0. The first kappa shape index (κ1) is 19.3. The van der Waals surface area contributed by atoms with E-state index in [4.69, 9.17) is 4.74 Å². The van der Waals surface area contributed by atoms with Crippen LogP contribution in [0.2, 0.25) is 0 Å². The van der Waals surface area contributed by atoms with Gasteiger partial charge in [0.25, 0.3) is 5.91 Å². The smallest absolute Gasteiger partial charge is 0.378 e. The van der Waals surface area contributed by atoms with Gasteiger partial charge in [0.05, 0.1) is 25.5 Å². The van der Waals surface area contributed by atoms with Crippen molar-refractivity contribution in [2.24, 2.45) is 0 Å². The highest BCUT2D eigenvalue weighted by atomic mass is 79.9. The second kappa shape index (κ2) is 7.40. The number of amides is 1. The molecule has 1 aromatic heterocycles. The van der Waals surface area contributed by atoms with Gasteiger partial charge in [-0.25, -0.2) is 4.68 Å². The third-order valence-electron chi connectivity index (χ3n) is 5.04. The predicted molar refractivity (Wildman–Crippen MR) is 99.2 cm³/mol. The van der Waals surface area contributed by atoms with Gasteiger partial charge in [0, 0.05) is 24.0 Å². The van der Waals surface area contributed by atoms with Crippen molar-refractivity contribution in [1.29, 1.82) is 0 Å². The highest BCUT2D eigenvalue weighted by Crippen LogP contribution is 2.44. The average Bonchev–Trinajstić information content (AvgIpc) is 3.11. The second-order valence-corrected chi connectivity index (χ2v) is 7.71. The van der Waals surface area contributed by atoms with Gasteiger partial charge in [-0.1, -0.05) is 28.1 Å². The summed E-state index contributed by atoms with van der Waals surface area (Å²) in [6.07, 6.45) is -3.45. The van der Waals surface area contributed by atoms with Crippen molar-refractivity contribution >= 4 is 27.7 Å². The third-order valence-corrected chi connectivity index (χ3v) is 5.57. The minimum absolute atomic E-state index is 0.109. The van der Waals surface area contributed by atoms with Crippen molar-refractivity contribution in [2.45, 2.75) is 24.7 Å². The Hall–Kier alpha value is -2.07. The van der Waals surface area contributed by atoms with Crippen molar-refractivity contribution < 1.29 is 22.7 Å². The van der Waals surface area contributed by atoms with Gasteiger partial charge in [-0.3, -0.25) is 4.79 Å². The number of anilines is 1. The van der Waals surface area contributed by atoms with E-state index in [1.54, 1.807) is 29.2 Å². The predicted octanol–water partition coefficient (Wildman–Crippen LogP) is 3.78. The van der Waals surface area contributed by atoms with Crippen molar-refractivity contribution in [3.63, 3.8) is 0 Å². The fraction of sp³-hybridized carbons (Fsp3) is 0.444. The minimum Gasteiger partial charge on any atom is -0.378 e. The molecular formula is C18H18BrF3N4O2. The summed E-state index contributed by atoms with van der Waals surface area (Å²) < 4.78 is 48.2. The van der Waals surface area contributed by atoms with Crippen LogP contribution in [-0.4, -0.2) is 53.1 Å². The number of fused-ring (bicyclic) bond motifs is 1. The molecule has 2 aliphatic rings. The molecule has 0 spiro atoms. The maximum Gasteiger partial charge on any atom is 0.410 e. The van der Waals surface area contributed by atoms with Crippen LogP contribution in [0.4, 0.5) is 19.0 Å². The van der Waals surface area contributed by atoms with Crippen LogP contribution in [0, 0.1) is 0 Å².